The minimum absolute atomic E-state index is 1.40. The van der Waals surface area contributed by atoms with Crippen LogP contribution >= 0.6 is 45.3 Å². The van der Waals surface area contributed by atoms with Crippen molar-refractivity contribution in [1.82, 2.24) is 0 Å². The van der Waals surface area contributed by atoms with Crippen molar-refractivity contribution in [1.29, 1.82) is 0 Å². The lowest BCUT2D eigenvalue weighted by molar-refractivity contribution is 1.44. The molecule has 0 spiro atoms. The molecule has 4 aromatic heterocycles. The van der Waals surface area contributed by atoms with Crippen LogP contribution in [0.5, 0.6) is 0 Å². The van der Waals surface area contributed by atoms with Gasteiger partial charge in [-0.3, -0.25) is 0 Å². The van der Waals surface area contributed by atoms with E-state index < -0.39 is 0 Å². The Bertz CT molecular complexity index is 923. The molecule has 0 nitrogen and oxygen atoms in total. The normalized spacial score (nSPS) is 11.6. The molecule has 4 aromatic rings. The van der Waals surface area contributed by atoms with Crippen molar-refractivity contribution in [3.63, 3.8) is 0 Å². The van der Waals surface area contributed by atoms with Gasteiger partial charge in [0.2, 0.25) is 0 Å². The fourth-order valence-corrected chi connectivity index (χ4v) is 7.48. The van der Waals surface area contributed by atoms with Gasteiger partial charge in [-0.05, 0) is 63.1 Å². The third kappa shape index (κ3) is 2.38. The van der Waals surface area contributed by atoms with Gasteiger partial charge in [0.15, 0.2) is 0 Å². The highest BCUT2D eigenvalue weighted by Gasteiger charge is 2.14. The fourth-order valence-electron chi connectivity index (χ4n) is 2.62. The van der Waals surface area contributed by atoms with Crippen molar-refractivity contribution in [3.8, 4) is 19.5 Å². The van der Waals surface area contributed by atoms with Gasteiger partial charge in [0.25, 0.3) is 0 Å². The van der Waals surface area contributed by atoms with Crippen molar-refractivity contribution in [2.24, 2.45) is 0 Å². The summed E-state index contributed by atoms with van der Waals surface area (Å²) in [5.41, 5.74) is 2.80. The third-order valence-electron chi connectivity index (χ3n) is 3.89. The first kappa shape index (κ1) is 14.6. The van der Waals surface area contributed by atoms with Gasteiger partial charge in [-0.1, -0.05) is 0 Å². The molecule has 0 unspecified atom stereocenters. The monoisotopic (exact) mass is 360 g/mol. The molecule has 0 radical (unpaired) electrons. The van der Waals surface area contributed by atoms with E-state index in [-0.39, 0.29) is 0 Å². The second-order valence-electron chi connectivity index (χ2n) is 5.68. The molecule has 0 aliphatic carbocycles. The number of hydrogen-bond donors (Lipinski definition) is 0. The topological polar surface area (TPSA) is 0 Å². The van der Waals surface area contributed by atoms with Gasteiger partial charge in [-0.25, -0.2) is 0 Å². The Hall–Kier alpha value is -0.940. The molecule has 0 aliphatic heterocycles. The van der Waals surface area contributed by atoms with Crippen molar-refractivity contribution >= 4 is 54.7 Å². The lowest BCUT2D eigenvalue weighted by Gasteiger charge is -1.93. The summed E-state index contributed by atoms with van der Waals surface area (Å²) < 4.78 is 1.45. The Morgan fingerprint density at radius 1 is 0.636 bits per heavy atom. The highest BCUT2D eigenvalue weighted by atomic mass is 32.2. The molecule has 4 rings (SSSR count). The maximum absolute atomic E-state index is 2.36. The van der Waals surface area contributed by atoms with Gasteiger partial charge in [-0.15, -0.1) is 45.3 Å². The summed E-state index contributed by atoms with van der Waals surface area (Å²) in [5, 5.41) is 1.40. The van der Waals surface area contributed by atoms with E-state index in [9.17, 15) is 0 Å². The van der Waals surface area contributed by atoms with Crippen LogP contribution in [0.4, 0.5) is 0 Å². The van der Waals surface area contributed by atoms with Crippen LogP contribution in [0.1, 0.15) is 20.9 Å². The van der Waals surface area contributed by atoms with Gasteiger partial charge >= 0.3 is 0 Å². The molecule has 0 bridgehead atoms. The van der Waals surface area contributed by atoms with Gasteiger partial charge in [0.05, 0.1) is 4.01 Å². The summed E-state index contributed by atoms with van der Waals surface area (Å²) in [6.45, 7) is 8.84. The summed E-state index contributed by atoms with van der Waals surface area (Å²) >= 11 is 7.69. The van der Waals surface area contributed by atoms with Crippen molar-refractivity contribution in [2.45, 2.75) is 27.7 Å². The highest BCUT2D eigenvalue weighted by molar-refractivity contribution is 7.40. The molecule has 4 heteroatoms. The number of aryl methyl sites for hydroxylation is 4. The molecule has 0 aliphatic rings. The molecule has 22 heavy (non-hydrogen) atoms. The summed E-state index contributed by atoms with van der Waals surface area (Å²) in [7, 11) is 0. The predicted octanol–water partition coefficient (Wildman–Crippen LogP) is 7.65. The second-order valence-corrected chi connectivity index (χ2v) is 10.6. The minimum Gasteiger partial charge on any atom is -0.139 e. The summed E-state index contributed by atoms with van der Waals surface area (Å²) in [4.78, 5) is 8.49. The Labute approximate surface area is 146 Å². The van der Waals surface area contributed by atoms with Gasteiger partial charge in [-0.2, -0.15) is 0 Å². The lowest BCUT2D eigenvalue weighted by Crippen LogP contribution is -1.67. The fraction of sp³-hybridized carbons (Fsp3) is 0.222. The molecular weight excluding hydrogens is 344 g/mol. The first-order valence-electron chi connectivity index (χ1n) is 7.19. The van der Waals surface area contributed by atoms with E-state index in [1.807, 2.05) is 45.3 Å². The number of thiophene rings is 4. The van der Waals surface area contributed by atoms with Crippen molar-refractivity contribution in [3.05, 3.63) is 45.1 Å². The van der Waals surface area contributed by atoms with Crippen LogP contribution in [-0.2, 0) is 0 Å². The zero-order valence-corrected chi connectivity index (χ0v) is 16.2. The summed E-state index contributed by atoms with van der Waals surface area (Å²) in [5.74, 6) is 0. The van der Waals surface area contributed by atoms with Gasteiger partial charge in [0, 0.05) is 34.6 Å². The molecule has 0 atom stereocenters. The van der Waals surface area contributed by atoms with Crippen molar-refractivity contribution < 1.29 is 0 Å². The Morgan fingerprint density at radius 3 is 2.05 bits per heavy atom. The summed E-state index contributed by atoms with van der Waals surface area (Å²) in [6, 6.07) is 9.34. The van der Waals surface area contributed by atoms with E-state index >= 15 is 0 Å². The standard InChI is InChI=1S/C18H16S4/c1-9-5-14(20-12(9)4)15-6-10(2)17(21-15)16-8-13-7-11(3)19-18(13)22-16/h5-8H,1-4H3. The predicted molar refractivity (Wildman–Crippen MR) is 105 cm³/mol. The van der Waals surface area contributed by atoms with Crippen LogP contribution in [0, 0.1) is 27.7 Å². The molecule has 0 amide bonds. The first-order chi connectivity index (χ1) is 10.5. The van der Waals surface area contributed by atoms with Crippen LogP contribution in [0.2, 0.25) is 0 Å². The SMILES string of the molecule is Cc1cc2cc(-c3sc(-c4cc(C)c(C)s4)cc3C)sc2s1. The number of rotatable bonds is 2. The number of hydrogen-bond acceptors (Lipinski definition) is 4. The Kier molecular flexibility index (Phi) is 3.53. The second kappa shape index (κ2) is 5.31. The van der Waals surface area contributed by atoms with E-state index in [2.05, 4.69) is 52.0 Å². The molecule has 0 saturated carbocycles. The van der Waals surface area contributed by atoms with Crippen molar-refractivity contribution in [2.75, 3.05) is 0 Å². The maximum Gasteiger partial charge on any atom is 0.0874 e. The molecule has 0 fully saturated rings. The molecule has 0 saturated heterocycles. The van der Waals surface area contributed by atoms with Crippen LogP contribution in [-0.4, -0.2) is 0 Å². The van der Waals surface area contributed by atoms with E-state index in [4.69, 9.17) is 0 Å². The zero-order valence-electron chi connectivity index (χ0n) is 12.9. The van der Waals surface area contributed by atoms with E-state index in [1.54, 1.807) is 0 Å². The molecule has 0 N–H and O–H groups in total. The largest absolute Gasteiger partial charge is 0.139 e. The zero-order chi connectivity index (χ0) is 15.4. The van der Waals surface area contributed by atoms with Gasteiger partial charge in [0.1, 0.15) is 0 Å². The van der Waals surface area contributed by atoms with E-state index in [0.29, 0.717) is 0 Å². The Morgan fingerprint density at radius 2 is 1.36 bits per heavy atom. The smallest absolute Gasteiger partial charge is 0.0874 e. The molecule has 4 heterocycles. The highest BCUT2D eigenvalue weighted by Crippen LogP contribution is 2.45. The number of fused-ring (bicyclic) bond motifs is 1. The quantitative estimate of drug-likeness (QED) is 0.344. The molecular formula is C18H16S4. The summed E-state index contributed by atoms with van der Waals surface area (Å²) in [6.07, 6.45) is 0. The van der Waals surface area contributed by atoms with Gasteiger partial charge < -0.3 is 0 Å². The van der Waals surface area contributed by atoms with Crippen LogP contribution in [0.3, 0.4) is 0 Å². The van der Waals surface area contributed by atoms with Crippen LogP contribution in [0.25, 0.3) is 28.9 Å². The first-order valence-corrected chi connectivity index (χ1v) is 10.5. The molecule has 0 aromatic carbocycles. The maximum atomic E-state index is 2.36. The average molecular weight is 361 g/mol. The van der Waals surface area contributed by atoms with Crippen LogP contribution < -0.4 is 0 Å². The van der Waals surface area contributed by atoms with Crippen LogP contribution in [0.15, 0.2) is 24.3 Å². The lowest BCUT2D eigenvalue weighted by atomic mass is 10.2. The Balaban J connectivity index is 1.80. The molecule has 112 valence electrons. The van der Waals surface area contributed by atoms with E-state index in [0.717, 1.165) is 0 Å². The third-order valence-corrected chi connectivity index (χ3v) is 8.96. The van der Waals surface area contributed by atoms with E-state index in [1.165, 1.54) is 49.8 Å². The minimum atomic E-state index is 1.40. The average Bonchev–Trinajstić information content (AvgIpc) is 3.14.